The molecule has 1 amide bonds. The smallest absolute Gasteiger partial charge is 0.251 e. The Bertz CT molecular complexity index is 824. The largest absolute Gasteiger partial charge is 0.438 e. The van der Waals surface area contributed by atoms with Crippen LogP contribution in [0.1, 0.15) is 42.6 Å². The molecule has 0 fully saturated rings. The third-order valence-corrected chi connectivity index (χ3v) is 3.94. The fraction of sp³-hybridized carbons (Fsp3) is 0.263. The zero-order chi connectivity index (χ0) is 17.1. The lowest BCUT2D eigenvalue weighted by Crippen LogP contribution is -2.29. The summed E-state index contributed by atoms with van der Waals surface area (Å²) in [5.41, 5.74) is 2.03. The van der Waals surface area contributed by atoms with Crippen molar-refractivity contribution in [2.75, 3.05) is 0 Å². The molecule has 1 heterocycles. The summed E-state index contributed by atoms with van der Waals surface area (Å²) in [6.45, 7) is 4.20. The zero-order valence-electron chi connectivity index (χ0n) is 13.6. The number of benzene rings is 2. The van der Waals surface area contributed by atoms with Crippen molar-refractivity contribution in [1.29, 1.82) is 0 Å². The molecule has 1 atom stereocenters. The van der Waals surface area contributed by atoms with Crippen molar-refractivity contribution in [1.82, 2.24) is 10.3 Å². The average Bonchev–Trinajstić information content (AvgIpc) is 2.97. The second-order valence-electron chi connectivity index (χ2n) is 6.19. The third-order valence-electron chi connectivity index (χ3n) is 3.71. The number of nitrogens with one attached hydrogen (secondary N) is 1. The molecule has 0 saturated heterocycles. The first-order valence-electron chi connectivity index (χ1n) is 7.95. The number of hydrogen-bond acceptors (Lipinski definition) is 3. The molecule has 1 aromatic heterocycles. The van der Waals surface area contributed by atoms with Crippen LogP contribution in [0.25, 0.3) is 11.1 Å². The Balaban J connectivity index is 1.87. The standard InChI is InChI=1S/C19H19ClN2O2/c1-12(2)10-16(19-22-15-8-3-4-9-17(15)24-19)21-18(23)13-6-5-7-14(20)11-13/h3-9,11-12,16H,10H2,1-2H3,(H,21,23)/t16-/m1/s1. The normalized spacial score (nSPS) is 12.5. The fourth-order valence-electron chi connectivity index (χ4n) is 2.60. The van der Waals surface area contributed by atoms with Crippen LogP contribution in [-0.2, 0) is 0 Å². The second-order valence-corrected chi connectivity index (χ2v) is 6.62. The van der Waals surface area contributed by atoms with Gasteiger partial charge in [0, 0.05) is 10.6 Å². The lowest BCUT2D eigenvalue weighted by Gasteiger charge is -2.17. The number of halogens is 1. The first-order valence-corrected chi connectivity index (χ1v) is 8.32. The first kappa shape index (κ1) is 16.5. The van der Waals surface area contributed by atoms with Gasteiger partial charge in [-0.3, -0.25) is 4.79 Å². The van der Waals surface area contributed by atoms with E-state index in [1.807, 2.05) is 24.3 Å². The van der Waals surface area contributed by atoms with E-state index in [1.54, 1.807) is 24.3 Å². The van der Waals surface area contributed by atoms with Crippen LogP contribution in [0.3, 0.4) is 0 Å². The number of fused-ring (bicyclic) bond motifs is 1. The molecule has 4 nitrogen and oxygen atoms in total. The van der Waals surface area contributed by atoms with E-state index in [-0.39, 0.29) is 11.9 Å². The van der Waals surface area contributed by atoms with Gasteiger partial charge < -0.3 is 9.73 Å². The number of amides is 1. The van der Waals surface area contributed by atoms with Gasteiger partial charge in [-0.15, -0.1) is 0 Å². The van der Waals surface area contributed by atoms with Crippen LogP contribution in [0.4, 0.5) is 0 Å². The van der Waals surface area contributed by atoms with Gasteiger partial charge in [-0.05, 0) is 42.7 Å². The summed E-state index contributed by atoms with van der Waals surface area (Å²) in [6.07, 6.45) is 0.735. The molecule has 0 aliphatic carbocycles. The minimum Gasteiger partial charge on any atom is -0.438 e. The van der Waals surface area contributed by atoms with Crippen molar-refractivity contribution in [3.05, 3.63) is 65.0 Å². The van der Waals surface area contributed by atoms with Gasteiger partial charge in [0.1, 0.15) is 11.6 Å². The van der Waals surface area contributed by atoms with E-state index in [0.29, 0.717) is 22.4 Å². The van der Waals surface area contributed by atoms with Crippen LogP contribution in [0, 0.1) is 5.92 Å². The molecule has 3 aromatic rings. The van der Waals surface area contributed by atoms with Gasteiger partial charge in [-0.25, -0.2) is 4.98 Å². The number of hydrogen-bond donors (Lipinski definition) is 1. The summed E-state index contributed by atoms with van der Waals surface area (Å²) < 4.78 is 5.84. The van der Waals surface area contributed by atoms with Crippen LogP contribution in [-0.4, -0.2) is 10.9 Å². The molecular formula is C19H19ClN2O2. The third kappa shape index (κ3) is 3.77. The van der Waals surface area contributed by atoms with Gasteiger partial charge in [-0.1, -0.05) is 43.6 Å². The highest BCUT2D eigenvalue weighted by molar-refractivity contribution is 6.30. The fourth-order valence-corrected chi connectivity index (χ4v) is 2.79. The van der Waals surface area contributed by atoms with E-state index in [1.165, 1.54) is 0 Å². The highest BCUT2D eigenvalue weighted by Gasteiger charge is 2.22. The van der Waals surface area contributed by atoms with Gasteiger partial charge in [-0.2, -0.15) is 0 Å². The highest BCUT2D eigenvalue weighted by atomic mass is 35.5. The maximum atomic E-state index is 12.5. The molecule has 0 spiro atoms. The molecule has 124 valence electrons. The Hall–Kier alpha value is -2.33. The molecule has 0 saturated carbocycles. The summed E-state index contributed by atoms with van der Waals surface area (Å²) >= 11 is 5.97. The molecule has 5 heteroatoms. The SMILES string of the molecule is CC(C)C[C@@H](NC(=O)c1cccc(Cl)c1)c1nc2ccccc2o1. The topological polar surface area (TPSA) is 55.1 Å². The van der Waals surface area contributed by atoms with Gasteiger partial charge in [0.25, 0.3) is 5.91 Å². The van der Waals surface area contributed by atoms with Crippen LogP contribution in [0.15, 0.2) is 52.9 Å². The van der Waals surface area contributed by atoms with E-state index >= 15 is 0 Å². The summed E-state index contributed by atoms with van der Waals surface area (Å²) in [5, 5.41) is 3.55. The van der Waals surface area contributed by atoms with Crippen molar-refractivity contribution >= 4 is 28.6 Å². The summed E-state index contributed by atoms with van der Waals surface area (Å²) in [4.78, 5) is 17.1. The van der Waals surface area contributed by atoms with Crippen LogP contribution >= 0.6 is 11.6 Å². The van der Waals surface area contributed by atoms with Gasteiger partial charge in [0.15, 0.2) is 5.58 Å². The monoisotopic (exact) mass is 342 g/mol. The number of oxazole rings is 1. The lowest BCUT2D eigenvalue weighted by atomic mass is 10.0. The molecule has 0 aliphatic rings. The quantitative estimate of drug-likeness (QED) is 0.710. The van der Waals surface area contributed by atoms with Crippen LogP contribution in [0.2, 0.25) is 5.02 Å². The second kappa shape index (κ2) is 7.05. The predicted molar refractivity (Wildman–Crippen MR) is 95.1 cm³/mol. The zero-order valence-corrected chi connectivity index (χ0v) is 14.4. The van der Waals surface area contributed by atoms with Crippen molar-refractivity contribution in [3.8, 4) is 0 Å². The number of carbonyl (C=O) groups is 1. The first-order chi connectivity index (χ1) is 11.5. The Labute approximate surface area is 145 Å². The maximum absolute atomic E-state index is 12.5. The summed E-state index contributed by atoms with van der Waals surface area (Å²) in [5.74, 6) is 0.718. The Morgan fingerprint density at radius 3 is 2.71 bits per heavy atom. The predicted octanol–water partition coefficient (Wildman–Crippen LogP) is 5.00. The van der Waals surface area contributed by atoms with Crippen molar-refractivity contribution in [2.24, 2.45) is 5.92 Å². The molecule has 1 N–H and O–H groups in total. The molecule has 0 bridgehead atoms. The molecule has 0 unspecified atom stereocenters. The number of para-hydroxylation sites is 2. The summed E-state index contributed by atoms with van der Waals surface area (Å²) in [6, 6.07) is 14.2. The average molecular weight is 343 g/mol. The van der Waals surface area contributed by atoms with Gasteiger partial charge in [0.05, 0.1) is 0 Å². The number of carbonyl (C=O) groups excluding carboxylic acids is 1. The highest BCUT2D eigenvalue weighted by Crippen LogP contribution is 2.25. The Morgan fingerprint density at radius 1 is 1.21 bits per heavy atom. The van der Waals surface area contributed by atoms with E-state index in [9.17, 15) is 4.79 Å². The summed E-state index contributed by atoms with van der Waals surface area (Å²) in [7, 11) is 0. The lowest BCUT2D eigenvalue weighted by molar-refractivity contribution is 0.0925. The molecule has 2 aromatic carbocycles. The minimum atomic E-state index is -0.288. The molecular weight excluding hydrogens is 324 g/mol. The van der Waals surface area contributed by atoms with Gasteiger partial charge >= 0.3 is 0 Å². The molecule has 0 aliphatic heterocycles. The molecule has 3 rings (SSSR count). The number of aromatic nitrogens is 1. The van der Waals surface area contributed by atoms with E-state index in [0.717, 1.165) is 17.5 Å². The van der Waals surface area contributed by atoms with Crippen LogP contribution < -0.4 is 5.32 Å². The van der Waals surface area contributed by atoms with E-state index in [2.05, 4.69) is 24.1 Å². The van der Waals surface area contributed by atoms with E-state index < -0.39 is 0 Å². The van der Waals surface area contributed by atoms with Crippen molar-refractivity contribution < 1.29 is 9.21 Å². The van der Waals surface area contributed by atoms with Crippen LogP contribution in [0.5, 0.6) is 0 Å². The Morgan fingerprint density at radius 2 is 2.00 bits per heavy atom. The molecule has 0 radical (unpaired) electrons. The molecule has 24 heavy (non-hydrogen) atoms. The number of rotatable bonds is 5. The van der Waals surface area contributed by atoms with Crippen molar-refractivity contribution in [2.45, 2.75) is 26.3 Å². The van der Waals surface area contributed by atoms with Gasteiger partial charge in [0.2, 0.25) is 5.89 Å². The Kier molecular flexibility index (Phi) is 4.86. The van der Waals surface area contributed by atoms with Crippen molar-refractivity contribution in [3.63, 3.8) is 0 Å². The minimum absolute atomic E-state index is 0.189. The van der Waals surface area contributed by atoms with E-state index in [4.69, 9.17) is 16.0 Å². The maximum Gasteiger partial charge on any atom is 0.251 e. The number of nitrogens with zero attached hydrogens (tertiary/aromatic N) is 1.